The standard InChI is InChI=1S/C7H8/c1-5-6-3-2-4-7(5)6/h1-4H2. The Morgan fingerprint density at radius 2 is 1.71 bits per heavy atom. The van der Waals surface area contributed by atoms with Crippen LogP contribution >= 0.6 is 0 Å². The van der Waals surface area contributed by atoms with Crippen LogP contribution in [0.15, 0.2) is 23.3 Å². The van der Waals surface area contributed by atoms with Gasteiger partial charge in [-0.15, -0.1) is 0 Å². The molecule has 0 radical (unpaired) electrons. The van der Waals surface area contributed by atoms with E-state index in [1.54, 1.807) is 11.1 Å². The van der Waals surface area contributed by atoms with Crippen LogP contribution in [-0.4, -0.2) is 0 Å². The van der Waals surface area contributed by atoms with Gasteiger partial charge < -0.3 is 0 Å². The van der Waals surface area contributed by atoms with Crippen molar-refractivity contribution in [3.05, 3.63) is 23.3 Å². The second-order valence-electron chi connectivity index (χ2n) is 2.29. The Morgan fingerprint density at radius 3 is 2.00 bits per heavy atom. The fraction of sp³-hybridized carbons (Fsp3) is 0.429. The van der Waals surface area contributed by atoms with E-state index >= 15 is 0 Å². The molecule has 0 N–H and O–H groups in total. The summed E-state index contributed by atoms with van der Waals surface area (Å²) in [5.74, 6) is 0. The number of allylic oxidation sites excluding steroid dienone is 3. The maximum Gasteiger partial charge on any atom is -0.0259 e. The molecule has 2 rings (SSSR count). The van der Waals surface area contributed by atoms with E-state index in [-0.39, 0.29) is 0 Å². The first-order chi connectivity index (χ1) is 3.39. The lowest BCUT2D eigenvalue weighted by atomic mass is 10.2. The molecule has 2 aliphatic rings. The number of hydrogen-bond acceptors (Lipinski definition) is 0. The number of rotatable bonds is 0. The van der Waals surface area contributed by atoms with E-state index in [9.17, 15) is 0 Å². The first-order valence-electron chi connectivity index (χ1n) is 2.81. The summed E-state index contributed by atoms with van der Waals surface area (Å²) in [6, 6.07) is 0. The minimum absolute atomic E-state index is 1.33. The van der Waals surface area contributed by atoms with Gasteiger partial charge in [0.05, 0.1) is 0 Å². The van der Waals surface area contributed by atoms with Crippen molar-refractivity contribution in [1.82, 2.24) is 0 Å². The Labute approximate surface area is 43.5 Å². The molecule has 0 fully saturated rings. The van der Waals surface area contributed by atoms with Crippen LogP contribution in [0, 0.1) is 0 Å². The summed E-state index contributed by atoms with van der Waals surface area (Å²) in [6.45, 7) is 3.88. The average Bonchev–Trinajstić information content (AvgIpc) is 2.26. The van der Waals surface area contributed by atoms with Gasteiger partial charge in [-0.25, -0.2) is 0 Å². The first-order valence-corrected chi connectivity index (χ1v) is 2.81. The van der Waals surface area contributed by atoms with Crippen molar-refractivity contribution in [1.29, 1.82) is 0 Å². The number of hydrogen-bond donors (Lipinski definition) is 0. The highest BCUT2D eigenvalue weighted by Crippen LogP contribution is 2.49. The van der Waals surface area contributed by atoms with E-state index in [4.69, 9.17) is 0 Å². The highest BCUT2D eigenvalue weighted by Gasteiger charge is 2.30. The maximum absolute atomic E-state index is 3.88. The second-order valence-corrected chi connectivity index (χ2v) is 2.29. The zero-order valence-electron chi connectivity index (χ0n) is 4.33. The van der Waals surface area contributed by atoms with Crippen LogP contribution in [0.5, 0.6) is 0 Å². The van der Waals surface area contributed by atoms with E-state index in [1.807, 2.05) is 0 Å². The van der Waals surface area contributed by atoms with E-state index < -0.39 is 0 Å². The van der Waals surface area contributed by atoms with Crippen LogP contribution < -0.4 is 0 Å². The van der Waals surface area contributed by atoms with Gasteiger partial charge in [0.15, 0.2) is 0 Å². The molecule has 0 heteroatoms. The summed E-state index contributed by atoms with van der Waals surface area (Å²) in [6.07, 6.45) is 4.05. The lowest BCUT2D eigenvalue weighted by Gasteiger charge is -1.89. The third kappa shape index (κ3) is 0.277. The summed E-state index contributed by atoms with van der Waals surface area (Å²) in [4.78, 5) is 0. The molecule has 7 heavy (non-hydrogen) atoms. The normalized spacial score (nSPS) is 26.0. The lowest BCUT2D eigenvalue weighted by molar-refractivity contribution is 0.878. The summed E-state index contributed by atoms with van der Waals surface area (Å²) in [5.41, 5.74) is 4.58. The molecule has 0 saturated heterocycles. The molecule has 0 saturated carbocycles. The molecule has 0 aromatic carbocycles. The van der Waals surface area contributed by atoms with Crippen LogP contribution in [0.2, 0.25) is 0 Å². The molecule has 0 aromatic rings. The second kappa shape index (κ2) is 0.835. The van der Waals surface area contributed by atoms with Gasteiger partial charge in [0.2, 0.25) is 0 Å². The molecule has 2 aliphatic carbocycles. The topological polar surface area (TPSA) is 0 Å². The minimum atomic E-state index is 1.33. The molecular weight excluding hydrogens is 84.1 g/mol. The highest BCUT2D eigenvalue weighted by atomic mass is 14.3. The smallest absolute Gasteiger partial charge is 0.0259 e. The van der Waals surface area contributed by atoms with Crippen LogP contribution in [0.4, 0.5) is 0 Å². The van der Waals surface area contributed by atoms with Crippen molar-refractivity contribution < 1.29 is 0 Å². The van der Waals surface area contributed by atoms with Crippen LogP contribution in [0.3, 0.4) is 0 Å². The Morgan fingerprint density at radius 1 is 1.14 bits per heavy atom. The van der Waals surface area contributed by atoms with Crippen molar-refractivity contribution in [2.24, 2.45) is 0 Å². The van der Waals surface area contributed by atoms with E-state index in [0.717, 1.165) is 0 Å². The maximum atomic E-state index is 3.88. The fourth-order valence-corrected chi connectivity index (χ4v) is 1.37. The highest BCUT2D eigenvalue weighted by molar-refractivity contribution is 5.66. The van der Waals surface area contributed by atoms with E-state index in [0.29, 0.717) is 0 Å². The van der Waals surface area contributed by atoms with E-state index in [1.165, 1.54) is 24.8 Å². The summed E-state index contributed by atoms with van der Waals surface area (Å²) in [7, 11) is 0. The Balaban J connectivity index is 2.33. The molecular formula is C7H8. The molecule has 0 atom stereocenters. The molecule has 36 valence electrons. The summed E-state index contributed by atoms with van der Waals surface area (Å²) >= 11 is 0. The monoisotopic (exact) mass is 92.1 g/mol. The first kappa shape index (κ1) is 3.48. The molecule has 0 heterocycles. The lowest BCUT2D eigenvalue weighted by Crippen LogP contribution is -1.70. The molecule has 0 aromatic heterocycles. The van der Waals surface area contributed by atoms with Gasteiger partial charge in [0.25, 0.3) is 0 Å². The molecule has 0 amide bonds. The summed E-state index contributed by atoms with van der Waals surface area (Å²) in [5, 5.41) is 0. The van der Waals surface area contributed by atoms with Crippen LogP contribution in [0.25, 0.3) is 0 Å². The predicted octanol–water partition coefficient (Wildman–Crippen LogP) is 2.04. The van der Waals surface area contributed by atoms with Gasteiger partial charge in [0, 0.05) is 0 Å². The predicted molar refractivity (Wildman–Crippen MR) is 30.0 cm³/mol. The van der Waals surface area contributed by atoms with Gasteiger partial charge in [-0.2, -0.15) is 0 Å². The SMILES string of the molecule is C=C1C2=C1CCC2. The fourth-order valence-electron chi connectivity index (χ4n) is 1.37. The van der Waals surface area contributed by atoms with Crippen LogP contribution in [0.1, 0.15) is 19.3 Å². The summed E-state index contributed by atoms with van der Waals surface area (Å²) < 4.78 is 0. The molecule has 0 aliphatic heterocycles. The van der Waals surface area contributed by atoms with Gasteiger partial charge >= 0.3 is 0 Å². The van der Waals surface area contributed by atoms with Crippen molar-refractivity contribution in [3.8, 4) is 0 Å². The zero-order valence-corrected chi connectivity index (χ0v) is 4.33. The van der Waals surface area contributed by atoms with Crippen molar-refractivity contribution >= 4 is 0 Å². The molecule has 0 bridgehead atoms. The molecule has 0 spiro atoms. The van der Waals surface area contributed by atoms with Gasteiger partial charge in [-0.3, -0.25) is 0 Å². The third-order valence-corrected chi connectivity index (χ3v) is 1.88. The van der Waals surface area contributed by atoms with Gasteiger partial charge in [0.1, 0.15) is 0 Å². The average molecular weight is 92.1 g/mol. The molecule has 0 nitrogen and oxygen atoms in total. The van der Waals surface area contributed by atoms with Crippen LogP contribution in [-0.2, 0) is 0 Å². The third-order valence-electron chi connectivity index (χ3n) is 1.88. The van der Waals surface area contributed by atoms with Gasteiger partial charge in [-0.1, -0.05) is 6.58 Å². The Bertz CT molecular complexity index is 145. The van der Waals surface area contributed by atoms with Crippen molar-refractivity contribution in [3.63, 3.8) is 0 Å². The zero-order chi connectivity index (χ0) is 4.85. The van der Waals surface area contributed by atoms with Crippen molar-refractivity contribution in [2.75, 3.05) is 0 Å². The van der Waals surface area contributed by atoms with E-state index in [2.05, 4.69) is 6.58 Å². The molecule has 0 unspecified atom stereocenters. The Hall–Kier alpha value is -0.520. The van der Waals surface area contributed by atoms with Crippen molar-refractivity contribution in [2.45, 2.75) is 19.3 Å². The quantitative estimate of drug-likeness (QED) is 0.429. The largest absolute Gasteiger partial charge is 0.0912 e. The Kier molecular flexibility index (Phi) is 0.415. The van der Waals surface area contributed by atoms with Gasteiger partial charge in [-0.05, 0) is 36.0 Å². The minimum Gasteiger partial charge on any atom is -0.0912 e.